The highest BCUT2D eigenvalue weighted by molar-refractivity contribution is 5.83. The molecular weight excluding hydrogens is 216 g/mol. The lowest BCUT2D eigenvalue weighted by molar-refractivity contribution is -0.129. The van der Waals surface area contributed by atoms with Gasteiger partial charge >= 0.3 is 0 Å². The predicted octanol–water partition coefficient (Wildman–Crippen LogP) is 1.25. The van der Waals surface area contributed by atoms with Gasteiger partial charge in [0.1, 0.15) is 11.9 Å². The lowest BCUT2D eigenvalue weighted by Gasteiger charge is -2.18. The van der Waals surface area contributed by atoms with Crippen molar-refractivity contribution in [1.82, 2.24) is 9.88 Å². The summed E-state index contributed by atoms with van der Waals surface area (Å²) in [6, 6.07) is 0.0878. The SMILES string of the molecule is CC(Nc1ncc(F)cc1F)C(=O)N(C)C. The predicted molar refractivity (Wildman–Crippen MR) is 55.9 cm³/mol. The molecule has 0 radical (unpaired) electrons. The standard InChI is InChI=1S/C10H13F2N3O/c1-6(10(16)15(2)3)14-9-8(12)4-7(11)5-13-9/h4-6H,1-3H3,(H,13,14). The minimum absolute atomic E-state index is 0.135. The van der Waals surface area contributed by atoms with Gasteiger partial charge in [-0.15, -0.1) is 0 Å². The largest absolute Gasteiger partial charge is 0.356 e. The van der Waals surface area contributed by atoms with Crippen molar-refractivity contribution in [3.8, 4) is 0 Å². The fraction of sp³-hybridized carbons (Fsp3) is 0.400. The van der Waals surface area contributed by atoms with Crippen LogP contribution >= 0.6 is 0 Å². The number of pyridine rings is 1. The number of hydrogen-bond acceptors (Lipinski definition) is 3. The Morgan fingerprint density at radius 1 is 1.50 bits per heavy atom. The number of likely N-dealkylation sites (N-methyl/N-ethyl adjacent to an activating group) is 1. The molecule has 1 atom stereocenters. The third-order valence-corrected chi connectivity index (χ3v) is 1.97. The van der Waals surface area contributed by atoms with Gasteiger partial charge in [-0.25, -0.2) is 13.8 Å². The number of anilines is 1. The van der Waals surface area contributed by atoms with Gasteiger partial charge < -0.3 is 10.2 Å². The van der Waals surface area contributed by atoms with Crippen molar-refractivity contribution in [2.24, 2.45) is 0 Å². The number of amides is 1. The molecule has 0 aliphatic heterocycles. The van der Waals surface area contributed by atoms with Crippen molar-refractivity contribution >= 4 is 11.7 Å². The van der Waals surface area contributed by atoms with Gasteiger partial charge in [-0.2, -0.15) is 0 Å². The van der Waals surface area contributed by atoms with Crippen LogP contribution in [0.3, 0.4) is 0 Å². The normalized spacial score (nSPS) is 12.1. The maximum absolute atomic E-state index is 13.2. The van der Waals surface area contributed by atoms with Crippen molar-refractivity contribution in [3.05, 3.63) is 23.9 Å². The van der Waals surface area contributed by atoms with E-state index in [0.717, 1.165) is 6.20 Å². The second-order valence-electron chi connectivity index (χ2n) is 3.58. The molecule has 1 aromatic heterocycles. The average molecular weight is 229 g/mol. The van der Waals surface area contributed by atoms with Crippen molar-refractivity contribution in [1.29, 1.82) is 0 Å². The minimum Gasteiger partial charge on any atom is -0.356 e. The van der Waals surface area contributed by atoms with Crippen LogP contribution in [-0.4, -0.2) is 35.9 Å². The smallest absolute Gasteiger partial charge is 0.244 e. The molecule has 0 saturated carbocycles. The molecule has 88 valence electrons. The fourth-order valence-corrected chi connectivity index (χ4v) is 1.17. The summed E-state index contributed by atoms with van der Waals surface area (Å²) in [6.45, 7) is 1.58. The zero-order valence-electron chi connectivity index (χ0n) is 9.29. The lowest BCUT2D eigenvalue weighted by Crippen LogP contribution is -2.37. The molecule has 0 aliphatic carbocycles. The van der Waals surface area contributed by atoms with E-state index in [1.807, 2.05) is 0 Å². The molecule has 6 heteroatoms. The van der Waals surface area contributed by atoms with Gasteiger partial charge in [0, 0.05) is 20.2 Å². The van der Waals surface area contributed by atoms with E-state index in [1.54, 1.807) is 21.0 Å². The van der Waals surface area contributed by atoms with E-state index in [1.165, 1.54) is 4.90 Å². The highest BCUT2D eigenvalue weighted by Gasteiger charge is 2.16. The molecule has 16 heavy (non-hydrogen) atoms. The first-order valence-corrected chi connectivity index (χ1v) is 4.70. The van der Waals surface area contributed by atoms with E-state index < -0.39 is 17.7 Å². The van der Waals surface area contributed by atoms with Crippen LogP contribution in [0.2, 0.25) is 0 Å². The van der Waals surface area contributed by atoms with E-state index in [4.69, 9.17) is 0 Å². The molecule has 4 nitrogen and oxygen atoms in total. The molecule has 1 aromatic rings. The average Bonchev–Trinajstić information content (AvgIpc) is 2.20. The minimum atomic E-state index is -0.821. The number of nitrogens with zero attached hydrogens (tertiary/aromatic N) is 2. The topological polar surface area (TPSA) is 45.2 Å². The molecule has 0 saturated heterocycles. The molecule has 0 aromatic carbocycles. The summed E-state index contributed by atoms with van der Waals surface area (Å²) in [4.78, 5) is 16.4. The maximum Gasteiger partial charge on any atom is 0.244 e. The van der Waals surface area contributed by atoms with Crippen LogP contribution in [0.25, 0.3) is 0 Å². The van der Waals surface area contributed by atoms with Gasteiger partial charge in [0.15, 0.2) is 11.6 Å². The zero-order valence-corrected chi connectivity index (χ0v) is 9.29. The third kappa shape index (κ3) is 2.88. The first kappa shape index (κ1) is 12.4. The molecule has 0 spiro atoms. The van der Waals surface area contributed by atoms with E-state index in [9.17, 15) is 13.6 Å². The van der Waals surface area contributed by atoms with E-state index in [0.29, 0.717) is 6.07 Å². The fourth-order valence-electron chi connectivity index (χ4n) is 1.17. The Hall–Kier alpha value is -1.72. The van der Waals surface area contributed by atoms with Crippen molar-refractivity contribution in [2.75, 3.05) is 19.4 Å². The molecule has 1 unspecified atom stereocenters. The van der Waals surface area contributed by atoms with Crippen LogP contribution in [0.1, 0.15) is 6.92 Å². The number of nitrogens with one attached hydrogen (secondary N) is 1. The maximum atomic E-state index is 13.2. The van der Waals surface area contributed by atoms with Gasteiger partial charge in [-0.05, 0) is 6.92 Å². The van der Waals surface area contributed by atoms with Crippen molar-refractivity contribution in [3.63, 3.8) is 0 Å². The Kier molecular flexibility index (Phi) is 3.76. The Balaban J connectivity index is 2.77. The van der Waals surface area contributed by atoms with Crippen molar-refractivity contribution in [2.45, 2.75) is 13.0 Å². The quantitative estimate of drug-likeness (QED) is 0.848. The summed E-state index contributed by atoms with van der Waals surface area (Å²) in [5.41, 5.74) is 0. The molecule has 0 bridgehead atoms. The molecule has 1 rings (SSSR count). The summed E-state index contributed by atoms with van der Waals surface area (Å²) >= 11 is 0. The number of hydrogen-bond donors (Lipinski definition) is 1. The van der Waals surface area contributed by atoms with Crippen LogP contribution < -0.4 is 5.32 Å². The second kappa shape index (κ2) is 4.87. The Morgan fingerprint density at radius 2 is 2.12 bits per heavy atom. The first-order chi connectivity index (χ1) is 7.41. The van der Waals surface area contributed by atoms with Gasteiger partial charge in [-0.3, -0.25) is 4.79 Å². The molecular formula is C10H13F2N3O. The van der Waals surface area contributed by atoms with Crippen LogP contribution in [0.4, 0.5) is 14.6 Å². The van der Waals surface area contributed by atoms with Crippen molar-refractivity contribution < 1.29 is 13.6 Å². The van der Waals surface area contributed by atoms with Gasteiger partial charge in [0.25, 0.3) is 0 Å². The highest BCUT2D eigenvalue weighted by Crippen LogP contribution is 2.12. The molecule has 1 heterocycles. The van der Waals surface area contributed by atoms with E-state index >= 15 is 0 Å². The van der Waals surface area contributed by atoms with Crippen LogP contribution in [-0.2, 0) is 4.79 Å². The lowest BCUT2D eigenvalue weighted by atomic mass is 10.3. The summed E-state index contributed by atoms with van der Waals surface area (Å²) in [5.74, 6) is -1.93. The van der Waals surface area contributed by atoms with Crippen LogP contribution in [0.5, 0.6) is 0 Å². The summed E-state index contributed by atoms with van der Waals surface area (Å²) in [5, 5.41) is 2.57. The number of halogens is 2. The molecule has 0 aliphatic rings. The number of rotatable bonds is 3. The summed E-state index contributed by atoms with van der Waals surface area (Å²) < 4.78 is 25.8. The third-order valence-electron chi connectivity index (χ3n) is 1.97. The molecule has 0 fully saturated rings. The monoisotopic (exact) mass is 229 g/mol. The number of carbonyl (C=O) groups is 1. The van der Waals surface area contributed by atoms with Crippen LogP contribution in [0, 0.1) is 11.6 Å². The second-order valence-corrected chi connectivity index (χ2v) is 3.58. The Morgan fingerprint density at radius 3 is 2.62 bits per heavy atom. The summed E-state index contributed by atoms with van der Waals surface area (Å²) in [7, 11) is 3.18. The number of carbonyl (C=O) groups excluding carboxylic acids is 1. The van der Waals surface area contributed by atoms with E-state index in [-0.39, 0.29) is 11.7 Å². The first-order valence-electron chi connectivity index (χ1n) is 4.70. The zero-order chi connectivity index (χ0) is 12.3. The Labute approximate surface area is 92.3 Å². The number of aromatic nitrogens is 1. The highest BCUT2D eigenvalue weighted by atomic mass is 19.1. The van der Waals surface area contributed by atoms with Gasteiger partial charge in [0.05, 0.1) is 6.20 Å². The Bertz CT molecular complexity index is 396. The van der Waals surface area contributed by atoms with E-state index in [2.05, 4.69) is 10.3 Å². The van der Waals surface area contributed by atoms with Crippen LogP contribution in [0.15, 0.2) is 12.3 Å². The molecule has 1 N–H and O–H groups in total. The van der Waals surface area contributed by atoms with Gasteiger partial charge in [-0.1, -0.05) is 0 Å². The van der Waals surface area contributed by atoms with Gasteiger partial charge in [0.2, 0.25) is 5.91 Å². The summed E-state index contributed by atoms with van der Waals surface area (Å²) in [6.07, 6.45) is 0.887. The molecule has 1 amide bonds.